The van der Waals surface area contributed by atoms with Gasteiger partial charge in [-0.1, -0.05) is 26.5 Å². The average Bonchev–Trinajstić information content (AvgIpc) is 2.85. The zero-order valence-electron chi connectivity index (χ0n) is 22.5. The number of nitrogens with one attached hydrogen (secondary N) is 2. The summed E-state index contributed by atoms with van der Waals surface area (Å²) in [6.45, 7) is 10.5. The molecule has 0 aliphatic carbocycles. The molecule has 0 bridgehead atoms. The second-order valence-electron chi connectivity index (χ2n) is 10.2. The summed E-state index contributed by atoms with van der Waals surface area (Å²) < 4.78 is 25.5. The lowest BCUT2D eigenvalue weighted by atomic mass is 9.73. The lowest BCUT2D eigenvalue weighted by molar-refractivity contribution is -0.0581. The molecule has 1 fully saturated rings. The summed E-state index contributed by atoms with van der Waals surface area (Å²) in [6, 6.07) is 4.18. The Hall–Kier alpha value is -2.16. The molecule has 3 atom stereocenters. The number of unbranched alkanes of at least 4 members (excludes halogenated alkanes) is 1. The molecule has 0 saturated carbocycles. The molecule has 7 nitrogen and oxygen atoms in total. The molecule has 2 rings (SSSR count). The molecule has 1 aromatic rings. The van der Waals surface area contributed by atoms with Gasteiger partial charge in [0.25, 0.3) is 0 Å². The minimum Gasteiger partial charge on any atom is -0.489 e. The molecule has 204 valence electrons. The zero-order chi connectivity index (χ0) is 26.6. The first-order chi connectivity index (χ1) is 17.2. The van der Waals surface area contributed by atoms with E-state index in [4.69, 9.17) is 9.47 Å². The van der Waals surface area contributed by atoms with Gasteiger partial charge in [-0.3, -0.25) is 0 Å². The van der Waals surface area contributed by atoms with Crippen LogP contribution in [-0.4, -0.2) is 69.1 Å². The summed E-state index contributed by atoms with van der Waals surface area (Å²) in [5, 5.41) is 18.5. The van der Waals surface area contributed by atoms with E-state index in [-0.39, 0.29) is 24.6 Å². The Morgan fingerprint density at radius 3 is 2.83 bits per heavy atom. The van der Waals surface area contributed by atoms with Crippen LogP contribution in [0, 0.1) is 17.7 Å². The van der Waals surface area contributed by atoms with Crippen LogP contribution in [-0.2, 0) is 10.3 Å². The number of nitrogens with zero attached hydrogens (tertiary/aromatic N) is 1. The minimum absolute atomic E-state index is 0.0259. The number of likely N-dealkylation sites (tertiary alicyclic amines) is 1. The van der Waals surface area contributed by atoms with E-state index in [1.54, 1.807) is 24.2 Å². The first kappa shape index (κ1) is 30.1. The summed E-state index contributed by atoms with van der Waals surface area (Å²) in [7, 11) is 3.53. The van der Waals surface area contributed by atoms with E-state index in [0.717, 1.165) is 25.7 Å². The molecule has 1 aliphatic heterocycles. The monoisotopic (exact) mass is 507 g/mol. The number of piperidine rings is 1. The summed E-state index contributed by atoms with van der Waals surface area (Å²) in [5.74, 6) is 0.204. The van der Waals surface area contributed by atoms with Crippen LogP contribution in [0.2, 0.25) is 0 Å². The second kappa shape index (κ2) is 15.2. The van der Waals surface area contributed by atoms with E-state index in [0.29, 0.717) is 56.3 Å². The topological polar surface area (TPSA) is 83.1 Å². The van der Waals surface area contributed by atoms with Gasteiger partial charge in [0.1, 0.15) is 18.2 Å². The van der Waals surface area contributed by atoms with Crippen molar-refractivity contribution < 1.29 is 23.8 Å². The van der Waals surface area contributed by atoms with Gasteiger partial charge in [-0.2, -0.15) is 0 Å². The molecule has 0 aromatic heterocycles. The molecule has 36 heavy (non-hydrogen) atoms. The maximum atomic E-state index is 14.4. The number of urea groups is 1. The number of hydrogen-bond acceptors (Lipinski definition) is 5. The predicted octanol–water partition coefficient (Wildman–Crippen LogP) is 4.45. The second-order valence-corrected chi connectivity index (χ2v) is 10.2. The zero-order valence-corrected chi connectivity index (χ0v) is 22.5. The van der Waals surface area contributed by atoms with Crippen LogP contribution in [0.1, 0.15) is 57.9 Å². The fraction of sp³-hybridized carbons (Fsp3) is 0.679. The number of benzene rings is 1. The van der Waals surface area contributed by atoms with Gasteiger partial charge in [-0.25, -0.2) is 9.18 Å². The summed E-state index contributed by atoms with van der Waals surface area (Å²) in [4.78, 5) is 15.0. The number of hydrogen-bond donors (Lipinski definition) is 3. The van der Waals surface area contributed by atoms with Crippen molar-refractivity contribution in [3.05, 3.63) is 42.2 Å². The molecule has 1 heterocycles. The SMILES string of the molecule is C=CCOc1ccc(F)cc1[C@](O)(CCCCOC)[C@@H]1CCCN(C(=O)N[C@H](CNC)CC(C)C)C1. The van der Waals surface area contributed by atoms with Gasteiger partial charge in [-0.15, -0.1) is 0 Å². The Morgan fingerprint density at radius 1 is 1.39 bits per heavy atom. The fourth-order valence-corrected chi connectivity index (χ4v) is 5.14. The maximum Gasteiger partial charge on any atom is 0.317 e. The molecule has 1 aliphatic rings. The van der Waals surface area contributed by atoms with Crippen molar-refractivity contribution in [2.24, 2.45) is 11.8 Å². The largest absolute Gasteiger partial charge is 0.489 e. The number of carbonyl (C=O) groups is 1. The Balaban J connectivity index is 2.30. The molecule has 1 aromatic carbocycles. The Kier molecular flexibility index (Phi) is 12.7. The molecule has 1 saturated heterocycles. The van der Waals surface area contributed by atoms with E-state index in [1.165, 1.54) is 12.1 Å². The lowest BCUT2D eigenvalue weighted by Gasteiger charge is -2.43. The van der Waals surface area contributed by atoms with Crippen molar-refractivity contribution >= 4 is 6.03 Å². The normalized spacial score (nSPS) is 18.5. The van der Waals surface area contributed by atoms with Crippen LogP contribution >= 0.6 is 0 Å². The lowest BCUT2D eigenvalue weighted by Crippen LogP contribution is -2.54. The highest BCUT2D eigenvalue weighted by molar-refractivity contribution is 5.74. The quantitative estimate of drug-likeness (QED) is 0.241. The molecule has 2 amide bonds. The standard InChI is InChI=1S/C28H46FN3O4/c1-6-15-36-26-12-11-23(29)18-25(26)28(34,13-7-8-16-35-5)22-10-9-14-32(20-22)27(33)31-24(19-30-4)17-21(2)3/h6,11-12,18,21-22,24,30,34H,1,7-10,13-17,19-20H2,2-5H3,(H,31,33)/t22-,24+,28+/m1/s1. The Morgan fingerprint density at radius 2 is 2.17 bits per heavy atom. The van der Waals surface area contributed by atoms with Crippen molar-refractivity contribution in [2.75, 3.05) is 47.0 Å². The van der Waals surface area contributed by atoms with E-state index in [2.05, 4.69) is 31.1 Å². The van der Waals surface area contributed by atoms with Gasteiger partial charge >= 0.3 is 6.03 Å². The summed E-state index contributed by atoms with van der Waals surface area (Å²) in [5.41, 5.74) is -0.921. The number of ether oxygens (including phenoxy) is 2. The minimum atomic E-state index is -1.35. The molecule has 8 heteroatoms. The highest BCUT2D eigenvalue weighted by Gasteiger charge is 2.43. The van der Waals surface area contributed by atoms with E-state index < -0.39 is 11.4 Å². The van der Waals surface area contributed by atoms with Crippen molar-refractivity contribution in [1.82, 2.24) is 15.5 Å². The van der Waals surface area contributed by atoms with E-state index in [9.17, 15) is 14.3 Å². The molecule has 0 spiro atoms. The number of methoxy groups -OCH3 is 1. The first-order valence-electron chi connectivity index (χ1n) is 13.2. The Bertz CT molecular complexity index is 822. The number of halogens is 1. The maximum absolute atomic E-state index is 14.4. The van der Waals surface area contributed by atoms with Crippen molar-refractivity contribution in [2.45, 2.75) is 64.0 Å². The van der Waals surface area contributed by atoms with Gasteiger partial charge in [-0.05, 0) is 69.7 Å². The van der Waals surface area contributed by atoms with E-state index >= 15 is 0 Å². The van der Waals surface area contributed by atoms with Gasteiger partial charge in [0, 0.05) is 50.9 Å². The van der Waals surface area contributed by atoms with Crippen molar-refractivity contribution in [3.63, 3.8) is 0 Å². The van der Waals surface area contributed by atoms with Crippen LogP contribution in [0.25, 0.3) is 0 Å². The number of aliphatic hydroxyl groups is 1. The summed E-state index contributed by atoms with van der Waals surface area (Å²) in [6.07, 6.45) is 5.88. The average molecular weight is 508 g/mol. The third-order valence-electron chi connectivity index (χ3n) is 6.84. The van der Waals surface area contributed by atoms with Crippen LogP contribution in [0.15, 0.2) is 30.9 Å². The third-order valence-corrected chi connectivity index (χ3v) is 6.84. The molecule has 0 unspecified atom stereocenters. The number of rotatable bonds is 15. The molecular weight excluding hydrogens is 461 g/mol. The van der Waals surface area contributed by atoms with Gasteiger partial charge < -0.3 is 30.1 Å². The predicted molar refractivity (Wildman–Crippen MR) is 142 cm³/mol. The highest BCUT2D eigenvalue weighted by Crippen LogP contribution is 2.43. The van der Waals surface area contributed by atoms with Gasteiger partial charge in [0.15, 0.2) is 0 Å². The summed E-state index contributed by atoms with van der Waals surface area (Å²) >= 11 is 0. The van der Waals surface area contributed by atoms with Crippen LogP contribution in [0.5, 0.6) is 5.75 Å². The van der Waals surface area contributed by atoms with Crippen LogP contribution < -0.4 is 15.4 Å². The molecular formula is C28H46FN3O4. The fourth-order valence-electron chi connectivity index (χ4n) is 5.14. The van der Waals surface area contributed by atoms with E-state index in [1.807, 2.05) is 7.05 Å². The Labute approximate surface area is 216 Å². The number of carbonyl (C=O) groups excluding carboxylic acids is 1. The number of amides is 2. The van der Waals surface area contributed by atoms with Crippen LogP contribution in [0.3, 0.4) is 0 Å². The van der Waals surface area contributed by atoms with Crippen LogP contribution in [0.4, 0.5) is 9.18 Å². The molecule has 3 N–H and O–H groups in total. The van der Waals surface area contributed by atoms with Crippen molar-refractivity contribution in [1.29, 1.82) is 0 Å². The smallest absolute Gasteiger partial charge is 0.317 e. The highest BCUT2D eigenvalue weighted by atomic mass is 19.1. The van der Waals surface area contributed by atoms with Gasteiger partial charge in [0.05, 0.1) is 5.60 Å². The first-order valence-corrected chi connectivity index (χ1v) is 13.2. The van der Waals surface area contributed by atoms with Gasteiger partial charge in [0.2, 0.25) is 0 Å². The molecule has 0 radical (unpaired) electrons. The van der Waals surface area contributed by atoms with Crippen molar-refractivity contribution in [3.8, 4) is 5.75 Å². The third kappa shape index (κ3) is 8.75. The number of likely N-dealkylation sites (N-methyl/N-ethyl adjacent to an activating group) is 1.